The lowest BCUT2D eigenvalue weighted by atomic mass is 9.75. The Kier molecular flexibility index (Phi) is 4.77. The van der Waals surface area contributed by atoms with Crippen LogP contribution < -0.4 is 16.0 Å². The molecule has 0 saturated heterocycles. The first kappa shape index (κ1) is 16.5. The molecule has 2 rings (SSSR count). The predicted molar refractivity (Wildman–Crippen MR) is 83.4 cm³/mol. The first-order valence-corrected chi connectivity index (χ1v) is 8.74. The van der Waals surface area contributed by atoms with Crippen molar-refractivity contribution in [2.45, 2.75) is 50.5 Å². The first-order valence-electron chi connectivity index (χ1n) is 6.88. The van der Waals surface area contributed by atoms with Crippen LogP contribution in [0.25, 0.3) is 0 Å². The molecule has 4 N–H and O–H groups in total. The van der Waals surface area contributed by atoms with Gasteiger partial charge >= 0.3 is 0 Å². The zero-order valence-corrected chi connectivity index (χ0v) is 13.8. The number of nitrogens with zero attached hydrogens (tertiary/aromatic N) is 1. The molecule has 0 amide bonds. The number of nitrogens with one attached hydrogen (secondary N) is 2. The van der Waals surface area contributed by atoms with Crippen molar-refractivity contribution in [2.75, 3.05) is 5.43 Å². The number of nitrogen functional groups attached to an aromatic ring is 1. The van der Waals surface area contributed by atoms with E-state index in [1.165, 1.54) is 12.3 Å². The van der Waals surface area contributed by atoms with Crippen molar-refractivity contribution in [3.05, 3.63) is 17.3 Å². The fourth-order valence-corrected chi connectivity index (χ4v) is 4.29. The monoisotopic (exact) mass is 332 g/mol. The topological polar surface area (TPSA) is 97.1 Å². The summed E-state index contributed by atoms with van der Waals surface area (Å²) in [4.78, 5) is 3.95. The molecule has 0 radical (unpaired) electrons. The van der Waals surface area contributed by atoms with Gasteiger partial charge in [-0.2, -0.15) is 0 Å². The Balaban J connectivity index is 2.17. The molecule has 21 heavy (non-hydrogen) atoms. The van der Waals surface area contributed by atoms with Crippen LogP contribution in [0.5, 0.6) is 0 Å². The van der Waals surface area contributed by atoms with Crippen LogP contribution in [-0.4, -0.2) is 19.4 Å². The molecule has 0 spiro atoms. The summed E-state index contributed by atoms with van der Waals surface area (Å²) < 4.78 is 27.6. The van der Waals surface area contributed by atoms with Gasteiger partial charge < -0.3 is 5.43 Å². The Labute approximate surface area is 130 Å². The molecule has 0 aromatic carbocycles. The van der Waals surface area contributed by atoms with Crippen molar-refractivity contribution in [3.8, 4) is 0 Å². The van der Waals surface area contributed by atoms with Crippen LogP contribution in [0, 0.1) is 5.41 Å². The summed E-state index contributed by atoms with van der Waals surface area (Å²) in [5, 5.41) is 0.171. The number of pyridine rings is 1. The average molecular weight is 333 g/mol. The van der Waals surface area contributed by atoms with Crippen molar-refractivity contribution in [2.24, 2.45) is 11.3 Å². The Bertz CT molecular complexity index is 619. The van der Waals surface area contributed by atoms with Crippen LogP contribution in [-0.2, 0) is 10.0 Å². The van der Waals surface area contributed by atoms with E-state index >= 15 is 0 Å². The van der Waals surface area contributed by atoms with Crippen LogP contribution in [0.4, 0.5) is 5.82 Å². The second kappa shape index (κ2) is 6.08. The van der Waals surface area contributed by atoms with E-state index in [4.69, 9.17) is 17.4 Å². The summed E-state index contributed by atoms with van der Waals surface area (Å²) in [6.07, 6.45) is 5.07. The van der Waals surface area contributed by atoms with Gasteiger partial charge in [-0.15, -0.1) is 0 Å². The molecule has 1 aliphatic carbocycles. The lowest BCUT2D eigenvalue weighted by molar-refractivity contribution is 0.212. The van der Waals surface area contributed by atoms with Gasteiger partial charge in [0.05, 0.1) is 5.02 Å². The number of anilines is 1. The summed E-state index contributed by atoms with van der Waals surface area (Å²) in [5.41, 5.74) is 2.47. The smallest absolute Gasteiger partial charge is 0.242 e. The van der Waals surface area contributed by atoms with E-state index in [1.54, 1.807) is 0 Å². The van der Waals surface area contributed by atoms with Crippen LogP contribution in [0.2, 0.25) is 5.02 Å². The van der Waals surface area contributed by atoms with E-state index < -0.39 is 10.0 Å². The minimum atomic E-state index is -3.62. The molecule has 1 aromatic rings. The number of hydrogen-bond donors (Lipinski definition) is 3. The van der Waals surface area contributed by atoms with Gasteiger partial charge in [-0.1, -0.05) is 31.9 Å². The molecular weight excluding hydrogens is 312 g/mol. The maximum Gasteiger partial charge on any atom is 0.242 e. The molecule has 1 unspecified atom stereocenters. The number of hydrazine groups is 1. The molecule has 8 heteroatoms. The van der Waals surface area contributed by atoms with Crippen molar-refractivity contribution in [3.63, 3.8) is 0 Å². The van der Waals surface area contributed by atoms with Gasteiger partial charge in [0.15, 0.2) is 5.82 Å². The van der Waals surface area contributed by atoms with Gasteiger partial charge in [0.25, 0.3) is 0 Å². The maximum absolute atomic E-state index is 12.4. The lowest BCUT2D eigenvalue weighted by Gasteiger charge is -2.35. The van der Waals surface area contributed by atoms with Crippen LogP contribution in [0.15, 0.2) is 17.2 Å². The molecule has 1 heterocycles. The van der Waals surface area contributed by atoms with E-state index in [0.29, 0.717) is 0 Å². The summed E-state index contributed by atoms with van der Waals surface area (Å²) in [5.74, 6) is 5.47. The maximum atomic E-state index is 12.4. The summed E-state index contributed by atoms with van der Waals surface area (Å²) in [7, 11) is -3.62. The van der Waals surface area contributed by atoms with Crippen LogP contribution >= 0.6 is 11.6 Å². The zero-order valence-electron chi connectivity index (χ0n) is 12.2. The number of halogens is 1. The third-order valence-electron chi connectivity index (χ3n) is 3.79. The Morgan fingerprint density at radius 3 is 2.76 bits per heavy atom. The second-order valence-electron chi connectivity index (χ2n) is 6.22. The molecule has 0 bridgehead atoms. The average Bonchev–Trinajstić information content (AvgIpc) is 2.36. The highest BCUT2D eigenvalue weighted by molar-refractivity contribution is 7.89. The number of sulfonamides is 1. The fourth-order valence-electron chi connectivity index (χ4n) is 2.76. The van der Waals surface area contributed by atoms with Crippen molar-refractivity contribution >= 4 is 27.4 Å². The molecule has 1 atom stereocenters. The number of nitrogens with two attached hydrogens (primary N) is 1. The molecular formula is C13H21ClN4O2S. The molecule has 0 aliphatic heterocycles. The van der Waals surface area contributed by atoms with Gasteiger partial charge in [-0.25, -0.2) is 24.0 Å². The molecule has 6 nitrogen and oxygen atoms in total. The van der Waals surface area contributed by atoms with E-state index in [1.807, 2.05) is 0 Å². The van der Waals surface area contributed by atoms with Crippen molar-refractivity contribution in [1.82, 2.24) is 9.71 Å². The van der Waals surface area contributed by atoms with E-state index in [2.05, 4.69) is 29.0 Å². The molecule has 1 aliphatic rings. The number of rotatable bonds is 4. The Morgan fingerprint density at radius 1 is 1.48 bits per heavy atom. The number of hydrogen-bond acceptors (Lipinski definition) is 5. The SMILES string of the molecule is CC1(C)CCCC(NS(=O)(=O)c2cnc(NN)c(Cl)c2)C1. The predicted octanol–water partition coefficient (Wildman–Crippen LogP) is 2.27. The van der Waals surface area contributed by atoms with Crippen molar-refractivity contribution < 1.29 is 8.42 Å². The van der Waals surface area contributed by atoms with Gasteiger partial charge in [0.2, 0.25) is 10.0 Å². The van der Waals surface area contributed by atoms with Gasteiger partial charge in [0.1, 0.15) is 4.90 Å². The van der Waals surface area contributed by atoms with Crippen molar-refractivity contribution in [1.29, 1.82) is 0 Å². The van der Waals surface area contributed by atoms with Crippen LogP contribution in [0.3, 0.4) is 0 Å². The largest absolute Gasteiger partial charge is 0.307 e. The van der Waals surface area contributed by atoms with Gasteiger partial charge in [-0.05, 0) is 30.7 Å². The number of aromatic nitrogens is 1. The lowest BCUT2D eigenvalue weighted by Crippen LogP contribution is -2.40. The molecule has 1 fully saturated rings. The van der Waals surface area contributed by atoms with Crippen LogP contribution in [0.1, 0.15) is 39.5 Å². The fraction of sp³-hybridized carbons (Fsp3) is 0.615. The normalized spacial score (nSPS) is 22.0. The molecule has 118 valence electrons. The van der Waals surface area contributed by atoms with E-state index in [0.717, 1.165) is 25.7 Å². The van der Waals surface area contributed by atoms with E-state index in [9.17, 15) is 8.42 Å². The molecule has 1 saturated carbocycles. The zero-order chi connectivity index (χ0) is 15.7. The third-order valence-corrected chi connectivity index (χ3v) is 5.57. The third kappa shape index (κ3) is 4.06. The Hall–Kier alpha value is -0.890. The molecule has 1 aromatic heterocycles. The minimum Gasteiger partial charge on any atom is -0.307 e. The highest BCUT2D eigenvalue weighted by Crippen LogP contribution is 2.35. The summed E-state index contributed by atoms with van der Waals surface area (Å²) >= 11 is 5.93. The summed E-state index contributed by atoms with van der Waals surface area (Å²) in [6.45, 7) is 4.32. The van der Waals surface area contributed by atoms with E-state index in [-0.39, 0.29) is 27.2 Å². The van der Waals surface area contributed by atoms with Gasteiger partial charge in [-0.3, -0.25) is 0 Å². The minimum absolute atomic E-state index is 0.0508. The quantitative estimate of drug-likeness (QED) is 0.580. The summed E-state index contributed by atoms with van der Waals surface area (Å²) in [6, 6.07) is 1.30. The first-order chi connectivity index (χ1) is 9.73. The highest BCUT2D eigenvalue weighted by Gasteiger charge is 2.31. The highest BCUT2D eigenvalue weighted by atomic mass is 35.5. The standard InChI is InChI=1S/C13H21ClN4O2S/c1-13(2)5-3-4-9(7-13)18-21(19,20)10-6-11(14)12(17-15)16-8-10/h6,8-9,18H,3-5,7,15H2,1-2H3,(H,16,17). The van der Waals surface area contributed by atoms with Gasteiger partial charge in [0, 0.05) is 12.2 Å². The second-order valence-corrected chi connectivity index (χ2v) is 8.35. The Morgan fingerprint density at radius 2 is 2.19 bits per heavy atom.